The largest absolute Gasteiger partial charge is 0.357 e. The highest BCUT2D eigenvalue weighted by Crippen LogP contribution is 2.60. The third kappa shape index (κ3) is 7.84. The van der Waals surface area contributed by atoms with E-state index in [1.54, 1.807) is 88.4 Å². The van der Waals surface area contributed by atoms with Gasteiger partial charge in [-0.25, -0.2) is 0 Å². The van der Waals surface area contributed by atoms with E-state index < -0.39 is 38.6 Å². The third-order valence-electron chi connectivity index (χ3n) is 4.84. The van der Waals surface area contributed by atoms with E-state index in [9.17, 15) is 18.7 Å². The van der Waals surface area contributed by atoms with Crippen molar-refractivity contribution in [1.82, 2.24) is 10.6 Å². The quantitative estimate of drug-likeness (QED) is 0.249. The van der Waals surface area contributed by atoms with E-state index in [0.29, 0.717) is 11.1 Å². The lowest BCUT2D eigenvalue weighted by molar-refractivity contribution is -0.139. The van der Waals surface area contributed by atoms with Crippen LogP contribution in [-0.2, 0) is 36.8 Å². The van der Waals surface area contributed by atoms with Gasteiger partial charge in [0, 0.05) is 0 Å². The number of carbonyl (C=O) groups excluding carboxylic acids is 2. The molecule has 0 saturated heterocycles. The van der Waals surface area contributed by atoms with Gasteiger partial charge >= 0.3 is 27.0 Å². The van der Waals surface area contributed by atoms with Crippen molar-refractivity contribution in [2.45, 2.75) is 39.3 Å². The predicted molar refractivity (Wildman–Crippen MR) is 136 cm³/mol. The average Bonchev–Trinajstić information content (AvgIpc) is 2.87. The Bertz CT molecular complexity index is 963. The van der Waals surface area contributed by atoms with Crippen LogP contribution in [-0.4, -0.2) is 38.2 Å². The highest BCUT2D eigenvalue weighted by molar-refractivity contribution is 7.54. The number of benzene rings is 2. The Morgan fingerprint density at radius 3 is 1.14 bits per heavy atom. The molecular weight excluding hydrogens is 506 g/mol. The molecule has 0 radical (unpaired) electrons. The lowest BCUT2D eigenvalue weighted by Crippen LogP contribution is -2.43. The summed E-state index contributed by atoms with van der Waals surface area (Å²) in [5.41, 5.74) is 0.857. The Balaban J connectivity index is 2.39. The van der Waals surface area contributed by atoms with E-state index >= 15 is 0 Å². The Morgan fingerprint density at radius 1 is 0.611 bits per heavy atom. The van der Waals surface area contributed by atoms with Crippen LogP contribution < -0.4 is 10.6 Å². The SMILES string of the molecule is CCOP(=O)(OCC)C(NC(=O)C(=O)NC(c1ccccc1)P(=O)(OCC)OCC)c1ccccc1. The normalized spacial score (nSPS) is 13.6. The molecule has 2 rings (SSSR count). The molecule has 2 amide bonds. The second-order valence-electron chi connectivity index (χ2n) is 7.32. The first-order chi connectivity index (χ1) is 17.2. The molecule has 0 saturated carbocycles. The van der Waals surface area contributed by atoms with Gasteiger partial charge in [-0.05, 0) is 38.8 Å². The molecule has 0 fully saturated rings. The van der Waals surface area contributed by atoms with Crippen molar-refractivity contribution in [3.63, 3.8) is 0 Å². The molecule has 2 aromatic rings. The maximum atomic E-state index is 13.6. The molecule has 36 heavy (non-hydrogen) atoms. The first-order valence-corrected chi connectivity index (χ1v) is 15.0. The second-order valence-corrected chi connectivity index (χ2v) is 11.5. The summed E-state index contributed by atoms with van der Waals surface area (Å²) in [5.74, 6) is -4.75. The summed E-state index contributed by atoms with van der Waals surface area (Å²) in [6.07, 6.45) is 0. The molecule has 198 valence electrons. The standard InChI is InChI=1S/C24H34N2O8P2/c1-5-31-35(29,32-6-2)23(19-15-11-9-12-16-19)25-21(27)22(28)26-24(20-17-13-10-14-18-20)36(30,33-7-3)34-8-4/h9-18,23-24H,5-8H2,1-4H3,(H,25,27)(H,26,28). The van der Waals surface area contributed by atoms with E-state index in [1.807, 2.05) is 0 Å². The lowest BCUT2D eigenvalue weighted by atomic mass is 10.2. The fourth-order valence-corrected chi connectivity index (χ4v) is 7.24. The molecule has 0 bridgehead atoms. The predicted octanol–water partition coefficient (Wildman–Crippen LogP) is 5.15. The summed E-state index contributed by atoms with van der Waals surface area (Å²) in [7, 11) is -7.81. The van der Waals surface area contributed by atoms with Gasteiger partial charge in [0.2, 0.25) is 0 Å². The minimum absolute atomic E-state index is 0.0602. The number of hydrogen-bond acceptors (Lipinski definition) is 8. The Kier molecular flexibility index (Phi) is 12.0. The van der Waals surface area contributed by atoms with E-state index in [1.165, 1.54) is 0 Å². The van der Waals surface area contributed by atoms with E-state index in [4.69, 9.17) is 18.1 Å². The van der Waals surface area contributed by atoms with Crippen molar-refractivity contribution in [2.75, 3.05) is 26.4 Å². The molecule has 2 atom stereocenters. The molecule has 0 aliphatic heterocycles. The van der Waals surface area contributed by atoms with Crippen LogP contribution in [0.15, 0.2) is 60.7 Å². The van der Waals surface area contributed by atoms with Gasteiger partial charge in [0.1, 0.15) is 0 Å². The molecule has 0 aliphatic carbocycles. The van der Waals surface area contributed by atoms with E-state index in [-0.39, 0.29) is 26.4 Å². The Labute approximate surface area is 212 Å². The Morgan fingerprint density at radius 2 is 0.889 bits per heavy atom. The molecule has 2 aromatic carbocycles. The summed E-state index contributed by atoms with van der Waals surface area (Å²) in [6.45, 7) is 6.82. The average molecular weight is 540 g/mol. The van der Waals surface area contributed by atoms with Gasteiger partial charge in [-0.2, -0.15) is 0 Å². The highest BCUT2D eigenvalue weighted by atomic mass is 31.2. The fraction of sp³-hybridized carbons (Fsp3) is 0.417. The summed E-state index contributed by atoms with van der Waals surface area (Å²) < 4.78 is 48.9. The van der Waals surface area contributed by atoms with Crippen LogP contribution in [0.1, 0.15) is 50.4 Å². The molecule has 2 unspecified atom stereocenters. The highest BCUT2D eigenvalue weighted by Gasteiger charge is 2.42. The minimum atomic E-state index is -3.91. The zero-order valence-corrected chi connectivity index (χ0v) is 22.7. The van der Waals surface area contributed by atoms with Crippen LogP contribution >= 0.6 is 15.2 Å². The number of hydrogen-bond donors (Lipinski definition) is 2. The van der Waals surface area contributed by atoms with Gasteiger partial charge in [0.25, 0.3) is 0 Å². The summed E-state index contributed by atoms with van der Waals surface area (Å²) in [4.78, 5) is 26.1. The molecule has 0 aromatic heterocycles. The number of amides is 2. The van der Waals surface area contributed by atoms with Crippen molar-refractivity contribution in [1.29, 1.82) is 0 Å². The van der Waals surface area contributed by atoms with Crippen LogP contribution in [0.2, 0.25) is 0 Å². The maximum absolute atomic E-state index is 13.6. The van der Waals surface area contributed by atoms with Crippen molar-refractivity contribution in [3.8, 4) is 0 Å². The van der Waals surface area contributed by atoms with Gasteiger partial charge in [-0.15, -0.1) is 0 Å². The molecule has 2 N–H and O–H groups in total. The number of rotatable bonds is 14. The molecule has 10 nitrogen and oxygen atoms in total. The van der Waals surface area contributed by atoms with Crippen LogP contribution in [0.25, 0.3) is 0 Å². The van der Waals surface area contributed by atoms with Crippen molar-refractivity contribution in [2.24, 2.45) is 0 Å². The second kappa shape index (κ2) is 14.4. The van der Waals surface area contributed by atoms with Gasteiger partial charge in [0.05, 0.1) is 26.4 Å². The van der Waals surface area contributed by atoms with Gasteiger partial charge < -0.3 is 28.7 Å². The molecular formula is C24H34N2O8P2. The zero-order chi connectivity index (χ0) is 26.6. The van der Waals surface area contributed by atoms with Crippen molar-refractivity contribution >= 4 is 27.0 Å². The first kappa shape index (κ1) is 29.9. The van der Waals surface area contributed by atoms with Gasteiger partial charge in [0.15, 0.2) is 11.6 Å². The number of nitrogens with one attached hydrogen (secondary N) is 2. The molecule has 0 heterocycles. The van der Waals surface area contributed by atoms with Crippen LogP contribution in [0, 0.1) is 0 Å². The van der Waals surface area contributed by atoms with Crippen LogP contribution in [0.3, 0.4) is 0 Å². The summed E-state index contributed by atoms with van der Waals surface area (Å²) in [6, 6.07) is 16.8. The van der Waals surface area contributed by atoms with Gasteiger partial charge in [-0.3, -0.25) is 18.7 Å². The fourth-order valence-electron chi connectivity index (χ4n) is 3.43. The zero-order valence-electron chi connectivity index (χ0n) is 20.9. The van der Waals surface area contributed by atoms with Crippen molar-refractivity contribution < 1.29 is 36.8 Å². The smallest absolute Gasteiger partial charge is 0.330 e. The van der Waals surface area contributed by atoms with E-state index in [0.717, 1.165) is 0 Å². The third-order valence-corrected chi connectivity index (χ3v) is 9.43. The van der Waals surface area contributed by atoms with Crippen LogP contribution in [0.4, 0.5) is 0 Å². The summed E-state index contributed by atoms with van der Waals surface area (Å²) >= 11 is 0. The minimum Gasteiger partial charge on any atom is -0.330 e. The lowest BCUT2D eigenvalue weighted by Gasteiger charge is -2.29. The summed E-state index contributed by atoms with van der Waals surface area (Å²) in [5, 5.41) is 4.96. The Hall–Kier alpha value is -2.32. The maximum Gasteiger partial charge on any atom is 0.357 e. The number of carbonyl (C=O) groups is 2. The van der Waals surface area contributed by atoms with Crippen LogP contribution in [0.5, 0.6) is 0 Å². The van der Waals surface area contributed by atoms with Gasteiger partial charge in [-0.1, -0.05) is 60.7 Å². The van der Waals surface area contributed by atoms with E-state index in [2.05, 4.69) is 10.6 Å². The molecule has 0 spiro atoms. The molecule has 12 heteroatoms. The van der Waals surface area contributed by atoms with Crippen molar-refractivity contribution in [3.05, 3.63) is 71.8 Å². The topological polar surface area (TPSA) is 129 Å². The first-order valence-electron chi connectivity index (χ1n) is 11.7. The molecule has 0 aliphatic rings. The monoisotopic (exact) mass is 540 g/mol.